The topological polar surface area (TPSA) is 75.6 Å². The zero-order valence-corrected chi connectivity index (χ0v) is 14.1. The van der Waals surface area contributed by atoms with E-state index < -0.39 is 12.0 Å². The van der Waals surface area contributed by atoms with Crippen LogP contribution in [0.4, 0.5) is 5.69 Å². The number of carboxylic acids is 1. The van der Waals surface area contributed by atoms with Gasteiger partial charge < -0.3 is 15.2 Å². The first-order valence-corrected chi connectivity index (χ1v) is 9.14. The molecule has 0 radical (unpaired) electrons. The molecular formula is C20H23NO4. The number of hydrogen-bond acceptors (Lipinski definition) is 4. The molecule has 1 heterocycles. The summed E-state index contributed by atoms with van der Waals surface area (Å²) in [6, 6.07) is 4.83. The molecule has 0 aromatic heterocycles. The van der Waals surface area contributed by atoms with Gasteiger partial charge in [-0.1, -0.05) is 18.6 Å². The Bertz CT molecular complexity index is 720. The number of esters is 1. The summed E-state index contributed by atoms with van der Waals surface area (Å²) < 4.78 is 5.67. The van der Waals surface area contributed by atoms with Crippen LogP contribution in [0.25, 0.3) is 0 Å². The number of carbonyl (C=O) groups is 2. The number of hydrogen-bond donors (Lipinski definition) is 2. The summed E-state index contributed by atoms with van der Waals surface area (Å²) in [5.41, 5.74) is 2.35. The molecule has 1 aromatic carbocycles. The van der Waals surface area contributed by atoms with Crippen LogP contribution in [0.5, 0.6) is 0 Å². The molecule has 0 bridgehead atoms. The molecule has 4 rings (SSSR count). The molecule has 2 aliphatic carbocycles. The predicted molar refractivity (Wildman–Crippen MR) is 93.8 cm³/mol. The van der Waals surface area contributed by atoms with Crippen molar-refractivity contribution in [3.63, 3.8) is 0 Å². The van der Waals surface area contributed by atoms with Crippen molar-refractivity contribution in [1.29, 1.82) is 0 Å². The van der Waals surface area contributed by atoms with E-state index in [0.29, 0.717) is 5.56 Å². The number of fused-ring (bicyclic) bond motifs is 3. The van der Waals surface area contributed by atoms with Crippen molar-refractivity contribution in [1.82, 2.24) is 0 Å². The Kier molecular flexibility index (Phi) is 4.24. The van der Waals surface area contributed by atoms with Gasteiger partial charge in [-0.3, -0.25) is 0 Å². The Balaban J connectivity index is 1.57. The average molecular weight is 341 g/mol. The number of carboxylic acid groups (broad SMARTS) is 1. The van der Waals surface area contributed by atoms with Gasteiger partial charge in [-0.2, -0.15) is 0 Å². The zero-order chi connectivity index (χ0) is 17.4. The minimum atomic E-state index is -0.829. The van der Waals surface area contributed by atoms with Crippen LogP contribution in [0, 0.1) is 5.92 Å². The van der Waals surface area contributed by atoms with Crippen LogP contribution in [0.1, 0.15) is 60.4 Å². The maximum absolute atomic E-state index is 12.5. The maximum Gasteiger partial charge on any atom is 0.338 e. The Morgan fingerprint density at radius 3 is 2.72 bits per heavy atom. The van der Waals surface area contributed by atoms with E-state index in [4.69, 9.17) is 4.74 Å². The van der Waals surface area contributed by atoms with Crippen molar-refractivity contribution in [2.75, 3.05) is 5.32 Å². The summed E-state index contributed by atoms with van der Waals surface area (Å²) in [5, 5.41) is 12.6. The van der Waals surface area contributed by atoms with Gasteiger partial charge in [0, 0.05) is 17.5 Å². The molecule has 2 unspecified atom stereocenters. The van der Waals surface area contributed by atoms with Crippen LogP contribution in [-0.2, 0) is 9.53 Å². The van der Waals surface area contributed by atoms with Gasteiger partial charge in [0.2, 0.25) is 0 Å². The van der Waals surface area contributed by atoms with E-state index in [9.17, 15) is 14.7 Å². The Labute approximate surface area is 147 Å². The van der Waals surface area contributed by atoms with Crippen molar-refractivity contribution >= 4 is 17.6 Å². The van der Waals surface area contributed by atoms with E-state index in [-0.39, 0.29) is 23.9 Å². The fourth-order valence-electron chi connectivity index (χ4n) is 4.37. The maximum atomic E-state index is 12.5. The second-order valence-corrected chi connectivity index (χ2v) is 7.28. The SMILES string of the molecule is O=C(OC1CCCCC1)c1ccc2c(c1)C1C=CCC1[C@@H](C(=O)O)N2. The summed E-state index contributed by atoms with van der Waals surface area (Å²) in [7, 11) is 0. The van der Waals surface area contributed by atoms with E-state index in [1.54, 1.807) is 6.07 Å². The van der Waals surface area contributed by atoms with Gasteiger partial charge in [-0.05, 0) is 55.9 Å². The Morgan fingerprint density at radius 2 is 1.96 bits per heavy atom. The van der Waals surface area contributed by atoms with Crippen molar-refractivity contribution in [3.05, 3.63) is 41.5 Å². The predicted octanol–water partition coefficient (Wildman–Crippen LogP) is 3.71. The van der Waals surface area contributed by atoms with Gasteiger partial charge in [0.05, 0.1) is 5.56 Å². The average Bonchev–Trinajstić information content (AvgIpc) is 3.11. The highest BCUT2D eigenvalue weighted by molar-refractivity contribution is 5.91. The van der Waals surface area contributed by atoms with E-state index in [2.05, 4.69) is 11.4 Å². The summed E-state index contributed by atoms with van der Waals surface area (Å²) in [6.07, 6.45) is 10.2. The van der Waals surface area contributed by atoms with Crippen LogP contribution >= 0.6 is 0 Å². The van der Waals surface area contributed by atoms with Gasteiger partial charge in [-0.25, -0.2) is 9.59 Å². The van der Waals surface area contributed by atoms with Crippen LogP contribution < -0.4 is 5.32 Å². The lowest BCUT2D eigenvalue weighted by atomic mass is 9.79. The van der Waals surface area contributed by atoms with Crippen LogP contribution in [0.15, 0.2) is 30.4 Å². The highest BCUT2D eigenvalue weighted by atomic mass is 16.5. The van der Waals surface area contributed by atoms with Gasteiger partial charge in [0.25, 0.3) is 0 Å². The molecule has 0 amide bonds. The lowest BCUT2D eigenvalue weighted by molar-refractivity contribution is -0.139. The molecule has 5 heteroatoms. The number of aliphatic carboxylic acids is 1. The first kappa shape index (κ1) is 16.2. The highest BCUT2D eigenvalue weighted by Gasteiger charge is 2.41. The number of carbonyl (C=O) groups excluding carboxylic acids is 1. The second kappa shape index (κ2) is 6.54. The zero-order valence-electron chi connectivity index (χ0n) is 14.1. The fourth-order valence-corrected chi connectivity index (χ4v) is 4.37. The molecule has 5 nitrogen and oxygen atoms in total. The molecule has 25 heavy (non-hydrogen) atoms. The first-order chi connectivity index (χ1) is 12.1. The number of nitrogens with one attached hydrogen (secondary N) is 1. The first-order valence-electron chi connectivity index (χ1n) is 9.14. The normalized spacial score (nSPS) is 27.9. The van der Waals surface area contributed by atoms with Crippen molar-refractivity contribution in [2.45, 2.75) is 56.6 Å². The largest absolute Gasteiger partial charge is 0.480 e. The van der Waals surface area contributed by atoms with Crippen LogP contribution in [-0.4, -0.2) is 29.2 Å². The van der Waals surface area contributed by atoms with Crippen molar-refractivity contribution in [2.24, 2.45) is 5.92 Å². The third-order valence-electron chi connectivity index (χ3n) is 5.69. The molecule has 1 aromatic rings. The molecule has 1 aliphatic heterocycles. The van der Waals surface area contributed by atoms with E-state index >= 15 is 0 Å². The standard InChI is InChI=1S/C20H23NO4/c22-19(23)18-15-8-4-7-14(15)16-11-12(9-10-17(16)21-18)20(24)25-13-5-2-1-3-6-13/h4,7,9-11,13-15,18,21H,1-3,5-6,8H2,(H,22,23)/t14?,15?,18-/m0/s1. The number of benzene rings is 1. The summed E-state index contributed by atoms with van der Waals surface area (Å²) in [6.45, 7) is 0. The molecule has 2 N–H and O–H groups in total. The highest BCUT2D eigenvalue weighted by Crippen LogP contribution is 2.44. The van der Waals surface area contributed by atoms with E-state index in [1.807, 2.05) is 18.2 Å². The van der Waals surface area contributed by atoms with Gasteiger partial charge in [0.15, 0.2) is 0 Å². The van der Waals surface area contributed by atoms with Gasteiger partial charge in [0.1, 0.15) is 12.1 Å². The van der Waals surface area contributed by atoms with Crippen molar-refractivity contribution in [3.8, 4) is 0 Å². The summed E-state index contributed by atoms with van der Waals surface area (Å²) in [4.78, 5) is 24.0. The molecule has 3 aliphatic rings. The molecule has 0 saturated heterocycles. The molecule has 1 saturated carbocycles. The second-order valence-electron chi connectivity index (χ2n) is 7.28. The van der Waals surface area contributed by atoms with Crippen LogP contribution in [0.3, 0.4) is 0 Å². The van der Waals surface area contributed by atoms with E-state index in [1.165, 1.54) is 6.42 Å². The summed E-state index contributed by atoms with van der Waals surface area (Å²) >= 11 is 0. The lowest BCUT2D eigenvalue weighted by Gasteiger charge is -2.35. The van der Waals surface area contributed by atoms with Gasteiger partial charge >= 0.3 is 11.9 Å². The molecule has 3 atom stereocenters. The Morgan fingerprint density at radius 1 is 1.16 bits per heavy atom. The minimum absolute atomic E-state index is 0.00499. The smallest absolute Gasteiger partial charge is 0.338 e. The fraction of sp³-hybridized carbons (Fsp3) is 0.500. The minimum Gasteiger partial charge on any atom is -0.480 e. The monoisotopic (exact) mass is 341 g/mol. The molecule has 1 fully saturated rings. The number of allylic oxidation sites excluding steroid dienone is 2. The molecular weight excluding hydrogens is 318 g/mol. The number of ether oxygens (including phenoxy) is 1. The number of anilines is 1. The van der Waals surface area contributed by atoms with E-state index in [0.717, 1.165) is 43.4 Å². The Hall–Kier alpha value is -2.30. The number of rotatable bonds is 3. The van der Waals surface area contributed by atoms with Crippen molar-refractivity contribution < 1.29 is 19.4 Å². The third-order valence-corrected chi connectivity index (χ3v) is 5.69. The van der Waals surface area contributed by atoms with Crippen LogP contribution in [0.2, 0.25) is 0 Å². The lowest BCUT2D eigenvalue weighted by Crippen LogP contribution is -2.41. The van der Waals surface area contributed by atoms with Gasteiger partial charge in [-0.15, -0.1) is 0 Å². The molecule has 132 valence electrons. The third kappa shape index (κ3) is 3.03. The molecule has 0 spiro atoms. The summed E-state index contributed by atoms with van der Waals surface area (Å²) in [5.74, 6) is -1.06. The quantitative estimate of drug-likeness (QED) is 0.647.